The number of nitrogens with one attached hydrogen (secondary N) is 1. The third-order valence-corrected chi connectivity index (χ3v) is 5.69. The van der Waals surface area contributed by atoms with Crippen molar-refractivity contribution >= 4 is 46.3 Å². The number of nitriles is 1. The number of amides is 1. The normalized spacial score (nSPS) is 11.5. The summed E-state index contributed by atoms with van der Waals surface area (Å²) in [5.74, 6) is 1.65. The third-order valence-electron chi connectivity index (χ3n) is 5.48. The molecule has 3 N–H and O–H groups in total. The number of anilines is 1. The van der Waals surface area contributed by atoms with Gasteiger partial charge in [-0.2, -0.15) is 5.26 Å². The molecule has 0 fully saturated rings. The Morgan fingerprint density at radius 3 is 2.56 bits per heavy atom. The van der Waals surface area contributed by atoms with Crippen molar-refractivity contribution in [3.8, 4) is 29.1 Å². The first-order valence-electron chi connectivity index (χ1n) is 12.0. The SMILES string of the molecule is CCOC(C=Nc1ncc(Cl)cc1C#N)=C(N)C(=O)Nc1ccc(Oc2ccnc3cc(OC)c(OC)cc23)cn1. The lowest BCUT2D eigenvalue weighted by Crippen LogP contribution is -2.23. The quantitative estimate of drug-likeness (QED) is 0.151. The minimum atomic E-state index is -0.674. The predicted molar refractivity (Wildman–Crippen MR) is 153 cm³/mol. The molecule has 0 bridgehead atoms. The zero-order chi connectivity index (χ0) is 29.4. The number of nitrogens with zero attached hydrogens (tertiary/aromatic N) is 5. The molecule has 0 atom stereocenters. The number of ether oxygens (including phenoxy) is 4. The van der Waals surface area contributed by atoms with Crippen LogP contribution in [-0.4, -0.2) is 47.9 Å². The monoisotopic (exact) mass is 573 g/mol. The molecular weight excluding hydrogens is 550 g/mol. The fraction of sp³-hybridized carbons (Fsp3) is 0.143. The van der Waals surface area contributed by atoms with Gasteiger partial charge in [-0.3, -0.25) is 9.78 Å². The molecule has 208 valence electrons. The van der Waals surface area contributed by atoms with Crippen LogP contribution >= 0.6 is 11.6 Å². The molecule has 0 aliphatic carbocycles. The molecule has 0 saturated heterocycles. The number of aromatic nitrogens is 3. The van der Waals surface area contributed by atoms with Crippen LogP contribution in [0.2, 0.25) is 5.02 Å². The highest BCUT2D eigenvalue weighted by atomic mass is 35.5. The highest BCUT2D eigenvalue weighted by Crippen LogP contribution is 2.36. The molecule has 41 heavy (non-hydrogen) atoms. The standard InChI is InChI=1S/C28H24ClN7O5/c1-4-40-24(15-35-27-16(12-30)9-17(29)13-34-27)26(31)28(37)36-25-6-5-18(14-33-25)41-21-7-8-32-20-11-23(39-3)22(38-2)10-19(20)21/h5-11,13-15H,4,31H2,1-3H3,(H,33,36,37). The number of halogens is 1. The Labute approximate surface area is 240 Å². The minimum absolute atomic E-state index is 0.0118. The molecule has 4 aromatic rings. The van der Waals surface area contributed by atoms with Crippen LogP contribution in [-0.2, 0) is 9.53 Å². The number of fused-ring (bicyclic) bond motifs is 1. The van der Waals surface area contributed by atoms with Crippen LogP contribution < -0.4 is 25.3 Å². The second-order valence-electron chi connectivity index (χ2n) is 8.07. The van der Waals surface area contributed by atoms with Crippen molar-refractivity contribution in [1.82, 2.24) is 15.0 Å². The van der Waals surface area contributed by atoms with Gasteiger partial charge in [-0.05, 0) is 37.3 Å². The van der Waals surface area contributed by atoms with Crippen LogP contribution in [0.3, 0.4) is 0 Å². The van der Waals surface area contributed by atoms with Crippen LogP contribution in [0.25, 0.3) is 10.9 Å². The Hall–Kier alpha value is -5.41. The van der Waals surface area contributed by atoms with E-state index < -0.39 is 5.91 Å². The van der Waals surface area contributed by atoms with Gasteiger partial charge in [0.25, 0.3) is 5.91 Å². The van der Waals surface area contributed by atoms with E-state index >= 15 is 0 Å². The zero-order valence-electron chi connectivity index (χ0n) is 22.2. The summed E-state index contributed by atoms with van der Waals surface area (Å²) in [5.41, 5.74) is 6.61. The van der Waals surface area contributed by atoms with E-state index in [0.29, 0.717) is 38.9 Å². The number of aliphatic imine (C=N–C) groups is 1. The smallest absolute Gasteiger partial charge is 0.276 e. The van der Waals surface area contributed by atoms with Gasteiger partial charge in [-0.25, -0.2) is 15.0 Å². The van der Waals surface area contributed by atoms with Crippen molar-refractivity contribution in [2.45, 2.75) is 6.92 Å². The number of allylic oxidation sites excluding steroid dienone is 1. The van der Waals surface area contributed by atoms with Crippen molar-refractivity contribution in [3.63, 3.8) is 0 Å². The Morgan fingerprint density at radius 1 is 1.10 bits per heavy atom. The van der Waals surface area contributed by atoms with Gasteiger partial charge in [0.2, 0.25) is 0 Å². The second-order valence-corrected chi connectivity index (χ2v) is 8.51. The number of nitrogens with two attached hydrogens (primary N) is 1. The number of carbonyl (C=O) groups is 1. The molecule has 13 heteroatoms. The molecule has 0 spiro atoms. The summed E-state index contributed by atoms with van der Waals surface area (Å²) in [7, 11) is 3.10. The summed E-state index contributed by atoms with van der Waals surface area (Å²) in [6, 6.07) is 11.8. The number of pyridine rings is 3. The Balaban J connectivity index is 1.50. The van der Waals surface area contributed by atoms with Crippen molar-refractivity contribution in [2.24, 2.45) is 10.7 Å². The number of benzene rings is 1. The molecule has 4 rings (SSSR count). The van der Waals surface area contributed by atoms with Crippen LogP contribution in [0.15, 0.2) is 71.4 Å². The number of rotatable bonds is 10. The molecule has 3 aromatic heterocycles. The van der Waals surface area contributed by atoms with E-state index in [1.54, 1.807) is 57.7 Å². The zero-order valence-corrected chi connectivity index (χ0v) is 23.0. The van der Waals surface area contributed by atoms with Crippen LogP contribution in [0, 0.1) is 11.3 Å². The molecule has 1 amide bonds. The maximum Gasteiger partial charge on any atom is 0.276 e. The van der Waals surface area contributed by atoms with Crippen molar-refractivity contribution in [3.05, 3.63) is 77.0 Å². The molecule has 0 aliphatic heterocycles. The van der Waals surface area contributed by atoms with Crippen molar-refractivity contribution in [1.29, 1.82) is 5.26 Å². The molecule has 12 nitrogen and oxygen atoms in total. The number of hydrogen-bond acceptors (Lipinski definition) is 11. The second kappa shape index (κ2) is 13.1. The van der Waals surface area contributed by atoms with Crippen LogP contribution in [0.4, 0.5) is 11.6 Å². The Bertz CT molecular complexity index is 1680. The average Bonchev–Trinajstić information content (AvgIpc) is 2.99. The van der Waals surface area contributed by atoms with E-state index in [2.05, 4.69) is 25.3 Å². The van der Waals surface area contributed by atoms with Crippen molar-refractivity contribution < 1.29 is 23.7 Å². The lowest BCUT2D eigenvalue weighted by molar-refractivity contribution is -0.113. The topological polar surface area (TPSA) is 167 Å². The molecule has 3 heterocycles. The van der Waals surface area contributed by atoms with Gasteiger partial charge in [-0.1, -0.05) is 11.6 Å². The average molecular weight is 574 g/mol. The van der Waals surface area contributed by atoms with E-state index in [4.69, 9.17) is 36.3 Å². The van der Waals surface area contributed by atoms with Gasteiger partial charge in [-0.15, -0.1) is 0 Å². The third kappa shape index (κ3) is 6.78. The lowest BCUT2D eigenvalue weighted by Gasteiger charge is -2.12. The highest BCUT2D eigenvalue weighted by Gasteiger charge is 2.15. The summed E-state index contributed by atoms with van der Waals surface area (Å²) in [6.45, 7) is 1.93. The van der Waals surface area contributed by atoms with Gasteiger partial charge in [0, 0.05) is 23.8 Å². The first-order chi connectivity index (χ1) is 19.9. The van der Waals surface area contributed by atoms with E-state index in [9.17, 15) is 10.1 Å². The largest absolute Gasteiger partial charge is 0.493 e. The van der Waals surface area contributed by atoms with Crippen LogP contribution in [0.1, 0.15) is 12.5 Å². The Morgan fingerprint density at radius 2 is 1.88 bits per heavy atom. The molecule has 0 unspecified atom stereocenters. The highest BCUT2D eigenvalue weighted by molar-refractivity contribution is 6.30. The van der Waals surface area contributed by atoms with Gasteiger partial charge >= 0.3 is 0 Å². The van der Waals surface area contributed by atoms with E-state index in [1.807, 2.05) is 6.07 Å². The van der Waals surface area contributed by atoms with Gasteiger partial charge in [0.05, 0.1) is 49.3 Å². The molecule has 0 saturated carbocycles. The Kier molecular flexibility index (Phi) is 9.13. The minimum Gasteiger partial charge on any atom is -0.493 e. The fourth-order valence-corrected chi connectivity index (χ4v) is 3.71. The molecule has 0 radical (unpaired) electrons. The summed E-state index contributed by atoms with van der Waals surface area (Å²) < 4.78 is 22.2. The molecule has 1 aromatic carbocycles. The summed E-state index contributed by atoms with van der Waals surface area (Å²) in [5, 5.41) is 12.9. The fourth-order valence-electron chi connectivity index (χ4n) is 3.55. The van der Waals surface area contributed by atoms with Crippen molar-refractivity contribution in [2.75, 3.05) is 26.1 Å². The van der Waals surface area contributed by atoms with Gasteiger partial charge in [0.15, 0.2) is 23.1 Å². The maximum absolute atomic E-state index is 12.8. The van der Waals surface area contributed by atoms with E-state index in [1.165, 1.54) is 24.7 Å². The first kappa shape index (κ1) is 28.6. The molecular formula is C28H24ClN7O5. The number of carbonyl (C=O) groups excluding carboxylic acids is 1. The van der Waals surface area contributed by atoms with Gasteiger partial charge < -0.3 is 30.0 Å². The summed E-state index contributed by atoms with van der Waals surface area (Å²) >= 11 is 5.87. The maximum atomic E-state index is 12.8. The lowest BCUT2D eigenvalue weighted by atomic mass is 10.2. The first-order valence-corrected chi connectivity index (χ1v) is 12.4. The molecule has 0 aliphatic rings. The van der Waals surface area contributed by atoms with E-state index in [0.717, 1.165) is 0 Å². The number of methoxy groups -OCH3 is 2. The summed E-state index contributed by atoms with van der Waals surface area (Å²) in [4.78, 5) is 29.6. The number of hydrogen-bond donors (Lipinski definition) is 2. The summed E-state index contributed by atoms with van der Waals surface area (Å²) in [6.07, 6.45) is 5.62. The van der Waals surface area contributed by atoms with Gasteiger partial charge in [0.1, 0.15) is 29.1 Å². The van der Waals surface area contributed by atoms with Crippen LogP contribution in [0.5, 0.6) is 23.0 Å². The van der Waals surface area contributed by atoms with E-state index in [-0.39, 0.29) is 35.3 Å². The predicted octanol–water partition coefficient (Wildman–Crippen LogP) is 4.91.